The SMILES string of the molecule is COc1ccc2ncc(C(=O)c3ccccc3)c(S(=O)(=O)c3ccc(C)cc3)c2c1. The molecule has 0 atom stereocenters. The average Bonchev–Trinajstić information content (AvgIpc) is 2.78. The molecule has 0 amide bonds. The minimum absolute atomic E-state index is 0.0301. The topological polar surface area (TPSA) is 73.3 Å². The molecular formula is C24H19NO4S. The molecule has 0 saturated carbocycles. The quantitative estimate of drug-likeness (QED) is 0.443. The fourth-order valence-corrected chi connectivity index (χ4v) is 4.92. The molecule has 0 unspecified atom stereocenters. The number of fused-ring (bicyclic) bond motifs is 1. The lowest BCUT2D eigenvalue weighted by molar-refractivity contribution is 0.103. The zero-order valence-electron chi connectivity index (χ0n) is 16.5. The van der Waals surface area contributed by atoms with Crippen LogP contribution in [0.5, 0.6) is 5.75 Å². The van der Waals surface area contributed by atoms with E-state index in [1.54, 1.807) is 72.8 Å². The Morgan fingerprint density at radius 1 is 0.933 bits per heavy atom. The van der Waals surface area contributed by atoms with Gasteiger partial charge in [-0.1, -0.05) is 48.0 Å². The van der Waals surface area contributed by atoms with Crippen molar-refractivity contribution < 1.29 is 17.9 Å². The summed E-state index contributed by atoms with van der Waals surface area (Å²) in [5, 5.41) is 0.344. The molecule has 0 N–H and O–H groups in total. The van der Waals surface area contributed by atoms with Crippen molar-refractivity contribution in [1.29, 1.82) is 0 Å². The molecule has 4 aromatic rings. The first-order chi connectivity index (χ1) is 14.4. The highest BCUT2D eigenvalue weighted by molar-refractivity contribution is 7.91. The van der Waals surface area contributed by atoms with E-state index < -0.39 is 15.6 Å². The number of ether oxygens (including phenoxy) is 1. The molecule has 0 aliphatic rings. The highest BCUT2D eigenvalue weighted by atomic mass is 32.2. The summed E-state index contributed by atoms with van der Waals surface area (Å²) in [6.07, 6.45) is 1.34. The van der Waals surface area contributed by atoms with Gasteiger partial charge in [0.15, 0.2) is 5.78 Å². The molecule has 1 aromatic heterocycles. The maximum absolute atomic E-state index is 13.7. The van der Waals surface area contributed by atoms with Crippen molar-refractivity contribution in [2.75, 3.05) is 7.11 Å². The van der Waals surface area contributed by atoms with E-state index in [-0.39, 0.29) is 15.4 Å². The molecule has 1 heterocycles. The molecule has 6 heteroatoms. The van der Waals surface area contributed by atoms with Gasteiger partial charge in [-0.05, 0) is 37.3 Å². The highest BCUT2D eigenvalue weighted by Crippen LogP contribution is 2.33. The van der Waals surface area contributed by atoms with Crippen molar-refractivity contribution in [1.82, 2.24) is 4.98 Å². The maximum atomic E-state index is 13.7. The number of hydrogen-bond acceptors (Lipinski definition) is 5. The number of pyridine rings is 1. The molecule has 0 radical (unpaired) electrons. The first-order valence-electron chi connectivity index (χ1n) is 9.30. The van der Waals surface area contributed by atoms with E-state index in [1.807, 2.05) is 6.92 Å². The molecular weight excluding hydrogens is 398 g/mol. The van der Waals surface area contributed by atoms with Crippen LogP contribution in [0.1, 0.15) is 21.5 Å². The summed E-state index contributed by atoms with van der Waals surface area (Å²) in [6.45, 7) is 1.88. The Balaban J connectivity index is 2.05. The number of carbonyl (C=O) groups is 1. The van der Waals surface area contributed by atoms with Crippen molar-refractivity contribution in [2.24, 2.45) is 0 Å². The second kappa shape index (κ2) is 7.72. The third kappa shape index (κ3) is 3.46. The van der Waals surface area contributed by atoms with Gasteiger partial charge in [-0.2, -0.15) is 0 Å². The predicted molar refractivity (Wildman–Crippen MR) is 115 cm³/mol. The molecule has 30 heavy (non-hydrogen) atoms. The molecule has 3 aromatic carbocycles. The molecule has 0 aliphatic heterocycles. The van der Waals surface area contributed by atoms with Gasteiger partial charge in [0, 0.05) is 17.1 Å². The number of methoxy groups -OCH3 is 1. The number of carbonyl (C=O) groups excluding carboxylic acids is 1. The van der Waals surface area contributed by atoms with Crippen LogP contribution in [-0.2, 0) is 9.84 Å². The number of ketones is 1. The van der Waals surface area contributed by atoms with Gasteiger partial charge in [0.1, 0.15) is 5.75 Å². The number of hydrogen-bond donors (Lipinski definition) is 0. The van der Waals surface area contributed by atoms with Crippen molar-refractivity contribution in [3.8, 4) is 5.75 Å². The number of benzene rings is 3. The Morgan fingerprint density at radius 3 is 2.30 bits per heavy atom. The van der Waals surface area contributed by atoms with Crippen LogP contribution in [0.2, 0.25) is 0 Å². The van der Waals surface area contributed by atoms with Crippen molar-refractivity contribution in [3.05, 3.63) is 95.7 Å². The van der Waals surface area contributed by atoms with Gasteiger partial charge in [-0.3, -0.25) is 9.78 Å². The first kappa shape index (κ1) is 19.8. The van der Waals surface area contributed by atoms with E-state index in [9.17, 15) is 13.2 Å². The van der Waals surface area contributed by atoms with E-state index in [0.29, 0.717) is 22.2 Å². The number of aromatic nitrogens is 1. The summed E-state index contributed by atoms with van der Waals surface area (Å²) in [6, 6.07) is 20.1. The Bertz CT molecular complexity index is 1350. The predicted octanol–water partition coefficient (Wildman–Crippen LogP) is 4.62. The van der Waals surface area contributed by atoms with Crippen LogP contribution >= 0.6 is 0 Å². The van der Waals surface area contributed by atoms with Crippen LogP contribution in [-0.4, -0.2) is 26.3 Å². The second-order valence-corrected chi connectivity index (χ2v) is 8.78. The average molecular weight is 417 g/mol. The molecule has 4 rings (SSSR count). The highest BCUT2D eigenvalue weighted by Gasteiger charge is 2.28. The van der Waals surface area contributed by atoms with Crippen LogP contribution in [0.3, 0.4) is 0 Å². The summed E-state index contributed by atoms with van der Waals surface area (Å²) in [4.78, 5) is 17.7. The summed E-state index contributed by atoms with van der Waals surface area (Å²) in [5.41, 5.74) is 1.83. The fourth-order valence-electron chi connectivity index (χ4n) is 3.31. The third-order valence-electron chi connectivity index (χ3n) is 4.91. The van der Waals surface area contributed by atoms with Gasteiger partial charge >= 0.3 is 0 Å². The largest absolute Gasteiger partial charge is 0.497 e. The lowest BCUT2D eigenvalue weighted by Gasteiger charge is -2.14. The number of rotatable bonds is 5. The van der Waals surface area contributed by atoms with E-state index in [2.05, 4.69) is 4.98 Å². The first-order valence-corrected chi connectivity index (χ1v) is 10.8. The summed E-state index contributed by atoms with van der Waals surface area (Å²) in [5.74, 6) is 0.0764. The van der Waals surface area contributed by atoms with Crippen LogP contribution in [0, 0.1) is 6.92 Å². The normalized spacial score (nSPS) is 11.4. The van der Waals surface area contributed by atoms with E-state index in [1.165, 1.54) is 13.3 Å². The van der Waals surface area contributed by atoms with Gasteiger partial charge in [0.2, 0.25) is 9.84 Å². The molecule has 0 spiro atoms. The fraction of sp³-hybridized carbons (Fsp3) is 0.0833. The third-order valence-corrected chi connectivity index (χ3v) is 6.78. The van der Waals surface area contributed by atoms with Gasteiger partial charge in [-0.15, -0.1) is 0 Å². The maximum Gasteiger partial charge on any atom is 0.208 e. The monoisotopic (exact) mass is 417 g/mol. The van der Waals surface area contributed by atoms with Gasteiger partial charge in [0.25, 0.3) is 0 Å². The smallest absolute Gasteiger partial charge is 0.208 e. The Kier molecular flexibility index (Phi) is 5.10. The summed E-state index contributed by atoms with van der Waals surface area (Å²) >= 11 is 0. The van der Waals surface area contributed by atoms with Crippen molar-refractivity contribution in [2.45, 2.75) is 16.7 Å². The lowest BCUT2D eigenvalue weighted by atomic mass is 10.0. The molecule has 0 saturated heterocycles. The molecule has 0 aliphatic carbocycles. The van der Waals surface area contributed by atoms with Crippen LogP contribution in [0.4, 0.5) is 0 Å². The van der Waals surface area contributed by atoms with Crippen molar-refractivity contribution >= 4 is 26.5 Å². The number of sulfone groups is 1. The van der Waals surface area contributed by atoms with Gasteiger partial charge < -0.3 is 4.74 Å². The Labute approximate surface area is 174 Å². The van der Waals surface area contributed by atoms with Crippen molar-refractivity contribution in [3.63, 3.8) is 0 Å². The lowest BCUT2D eigenvalue weighted by Crippen LogP contribution is -2.12. The summed E-state index contributed by atoms with van der Waals surface area (Å²) in [7, 11) is -2.51. The summed E-state index contributed by atoms with van der Waals surface area (Å²) < 4.78 is 32.7. The van der Waals surface area contributed by atoms with E-state index in [4.69, 9.17) is 4.74 Å². The second-order valence-electron chi connectivity index (χ2n) is 6.90. The number of aryl methyl sites for hydroxylation is 1. The van der Waals surface area contributed by atoms with Crippen LogP contribution < -0.4 is 4.74 Å². The molecule has 5 nitrogen and oxygen atoms in total. The zero-order valence-corrected chi connectivity index (χ0v) is 17.3. The Morgan fingerprint density at radius 2 is 1.63 bits per heavy atom. The van der Waals surface area contributed by atoms with Crippen LogP contribution in [0.25, 0.3) is 10.9 Å². The number of nitrogens with zero attached hydrogens (tertiary/aromatic N) is 1. The standard InChI is InChI=1S/C24H19NO4S/c1-16-8-11-19(12-9-16)30(27,28)24-20-14-18(29-2)10-13-22(20)25-15-21(24)23(26)17-6-4-3-5-7-17/h3-15H,1-2H3. The van der Waals surface area contributed by atoms with Gasteiger partial charge in [0.05, 0.1) is 28.0 Å². The minimum atomic E-state index is -4.01. The van der Waals surface area contributed by atoms with Gasteiger partial charge in [-0.25, -0.2) is 8.42 Å². The zero-order chi connectivity index (χ0) is 21.3. The molecule has 0 bridgehead atoms. The van der Waals surface area contributed by atoms with Crippen LogP contribution in [0.15, 0.2) is 88.8 Å². The minimum Gasteiger partial charge on any atom is -0.497 e. The molecule has 150 valence electrons. The molecule has 0 fully saturated rings. The Hall–Kier alpha value is -3.51. The van der Waals surface area contributed by atoms with E-state index >= 15 is 0 Å². The van der Waals surface area contributed by atoms with E-state index in [0.717, 1.165) is 5.56 Å².